The van der Waals surface area contributed by atoms with Gasteiger partial charge in [-0.3, -0.25) is 0 Å². The van der Waals surface area contributed by atoms with Crippen molar-refractivity contribution < 1.29 is 15.0 Å². The van der Waals surface area contributed by atoms with Crippen LogP contribution in [0.25, 0.3) is 0 Å². The molecule has 2 N–H and O–H groups in total. The van der Waals surface area contributed by atoms with E-state index in [1.165, 1.54) is 0 Å². The highest BCUT2D eigenvalue weighted by Crippen LogP contribution is 1.82. The maximum atomic E-state index is 8.56. The highest BCUT2D eigenvalue weighted by Gasteiger charge is 1.86. The van der Waals surface area contributed by atoms with Crippen molar-refractivity contribution in [1.82, 2.24) is 4.90 Å². The van der Waals surface area contributed by atoms with Crippen LogP contribution in [0.2, 0.25) is 0 Å². The van der Waals surface area contributed by atoms with E-state index >= 15 is 0 Å². The number of hydrogen-bond acceptors (Lipinski definition) is 4. The second-order valence-corrected chi connectivity index (χ2v) is 2.90. The monoisotopic (exact) mass is 217 g/mol. The maximum Gasteiger partial charge on any atom is 0.503 e. The van der Waals surface area contributed by atoms with Crippen LogP contribution in [0.3, 0.4) is 0 Å². The van der Waals surface area contributed by atoms with Gasteiger partial charge in [0.25, 0.3) is 0 Å². The summed E-state index contributed by atoms with van der Waals surface area (Å²) in [5, 5.41) is 13.9. The molecule has 88 valence electrons. The number of rotatable bonds is 5. The maximum absolute atomic E-state index is 8.56. The molecule has 0 aliphatic carbocycles. The molecule has 0 aliphatic rings. The minimum absolute atomic E-state index is 0.775. The van der Waals surface area contributed by atoms with Crippen molar-refractivity contribution >= 4 is 12.2 Å². The lowest BCUT2D eigenvalue weighted by atomic mass is 10.4. The second-order valence-electron chi connectivity index (χ2n) is 2.90. The fourth-order valence-electron chi connectivity index (χ4n) is 0.637. The molecule has 0 aromatic carbocycles. The summed E-state index contributed by atoms with van der Waals surface area (Å²) >= 11 is 0. The first-order valence-corrected chi connectivity index (χ1v) is 4.65. The van der Waals surface area contributed by atoms with Gasteiger partial charge in [-0.2, -0.15) is 0 Å². The molecule has 0 spiro atoms. The van der Waals surface area contributed by atoms with Gasteiger partial charge in [0.1, 0.15) is 0 Å². The first-order chi connectivity index (χ1) is 7.00. The van der Waals surface area contributed by atoms with E-state index < -0.39 is 6.16 Å². The molecule has 0 aromatic heterocycles. The van der Waals surface area contributed by atoms with E-state index in [1.807, 2.05) is 6.92 Å². The molecular formula is C9H19N3O3. The third-order valence-corrected chi connectivity index (χ3v) is 1.17. The summed E-state index contributed by atoms with van der Waals surface area (Å²) in [6.07, 6.45) is -0.751. The second kappa shape index (κ2) is 12.6. The van der Waals surface area contributed by atoms with E-state index in [-0.39, 0.29) is 0 Å². The van der Waals surface area contributed by atoms with Crippen LogP contribution >= 0.6 is 0 Å². The molecule has 0 bridgehead atoms. The fourth-order valence-corrected chi connectivity index (χ4v) is 0.637. The minimum atomic E-state index is -1.83. The van der Waals surface area contributed by atoms with E-state index in [0.717, 1.165) is 26.1 Å². The summed E-state index contributed by atoms with van der Waals surface area (Å²) in [4.78, 5) is 18.5. The van der Waals surface area contributed by atoms with Gasteiger partial charge in [0, 0.05) is 6.54 Å². The third-order valence-electron chi connectivity index (χ3n) is 1.17. The Morgan fingerprint density at radius 3 is 2.27 bits per heavy atom. The molecular weight excluding hydrogens is 198 g/mol. The standard InChI is InChI=1S/C8H17N3.CH2O3/c1-4-9-8-10-6-5-7-11(2)3;2-1(3)4/h4-7H2,1-3H3;(H2,2,3,4). The van der Waals surface area contributed by atoms with Gasteiger partial charge in [-0.25, -0.2) is 14.8 Å². The number of carbonyl (C=O) groups is 1. The van der Waals surface area contributed by atoms with E-state index in [1.54, 1.807) is 0 Å². The zero-order valence-electron chi connectivity index (χ0n) is 9.47. The number of carboxylic acid groups (broad SMARTS) is 2. The molecule has 6 nitrogen and oxygen atoms in total. The quantitative estimate of drug-likeness (QED) is 0.537. The van der Waals surface area contributed by atoms with Crippen molar-refractivity contribution in [2.45, 2.75) is 13.3 Å². The Bertz CT molecular complexity index is 207. The van der Waals surface area contributed by atoms with Crippen LogP contribution < -0.4 is 0 Å². The summed E-state index contributed by atoms with van der Waals surface area (Å²) in [5.41, 5.74) is 0. The van der Waals surface area contributed by atoms with Crippen molar-refractivity contribution in [2.75, 3.05) is 33.7 Å². The van der Waals surface area contributed by atoms with Crippen molar-refractivity contribution in [2.24, 2.45) is 9.98 Å². The summed E-state index contributed by atoms with van der Waals surface area (Å²) in [5.74, 6) is 0. The van der Waals surface area contributed by atoms with E-state index in [0.29, 0.717) is 0 Å². The lowest BCUT2D eigenvalue weighted by Crippen LogP contribution is -2.13. The van der Waals surface area contributed by atoms with Crippen LogP contribution in [0.15, 0.2) is 9.98 Å². The van der Waals surface area contributed by atoms with Crippen LogP contribution in [0, 0.1) is 0 Å². The Morgan fingerprint density at radius 1 is 1.33 bits per heavy atom. The fraction of sp³-hybridized carbons (Fsp3) is 0.778. The van der Waals surface area contributed by atoms with Gasteiger partial charge in [-0.1, -0.05) is 0 Å². The van der Waals surface area contributed by atoms with Crippen molar-refractivity contribution in [1.29, 1.82) is 0 Å². The SMILES string of the molecule is CCN=C=NCCCN(C)C.O=C(O)O. The molecule has 6 heteroatoms. The highest BCUT2D eigenvalue weighted by atomic mass is 16.6. The Hall–Kier alpha value is -1.39. The van der Waals surface area contributed by atoms with Gasteiger partial charge < -0.3 is 15.1 Å². The molecule has 0 rings (SSSR count). The highest BCUT2D eigenvalue weighted by molar-refractivity contribution is 5.53. The van der Waals surface area contributed by atoms with Crippen LogP contribution in [0.1, 0.15) is 13.3 Å². The number of hydrogen-bond donors (Lipinski definition) is 2. The molecule has 0 atom stereocenters. The Labute approximate surface area is 90.0 Å². The van der Waals surface area contributed by atoms with Crippen LogP contribution in [-0.2, 0) is 0 Å². The van der Waals surface area contributed by atoms with E-state index in [2.05, 4.69) is 35.0 Å². The average Bonchev–Trinajstić information content (AvgIpc) is 2.09. The minimum Gasteiger partial charge on any atom is -0.450 e. The van der Waals surface area contributed by atoms with Gasteiger partial charge in [0.05, 0.1) is 12.6 Å². The average molecular weight is 217 g/mol. The predicted octanol–water partition coefficient (Wildman–Crippen LogP) is 1.35. The van der Waals surface area contributed by atoms with Gasteiger partial charge >= 0.3 is 6.16 Å². The third kappa shape index (κ3) is 32.5. The Morgan fingerprint density at radius 2 is 1.87 bits per heavy atom. The van der Waals surface area contributed by atoms with E-state index in [4.69, 9.17) is 15.0 Å². The normalized spacial score (nSPS) is 8.53. The molecule has 0 amide bonds. The molecule has 15 heavy (non-hydrogen) atoms. The summed E-state index contributed by atoms with van der Waals surface area (Å²) in [6.45, 7) is 4.67. The molecule has 0 unspecified atom stereocenters. The molecule has 0 heterocycles. The lowest BCUT2D eigenvalue weighted by molar-refractivity contribution is 0.137. The smallest absolute Gasteiger partial charge is 0.450 e. The zero-order valence-corrected chi connectivity index (χ0v) is 9.47. The number of aliphatic imine (C=N–C) groups is 2. The van der Waals surface area contributed by atoms with Crippen molar-refractivity contribution in [3.63, 3.8) is 0 Å². The summed E-state index contributed by atoms with van der Waals surface area (Å²) in [6, 6.07) is 2.64. The largest absolute Gasteiger partial charge is 0.503 e. The van der Waals surface area contributed by atoms with Crippen LogP contribution in [0.5, 0.6) is 0 Å². The van der Waals surface area contributed by atoms with Crippen LogP contribution in [-0.4, -0.2) is 61.0 Å². The van der Waals surface area contributed by atoms with Crippen molar-refractivity contribution in [3.8, 4) is 0 Å². The van der Waals surface area contributed by atoms with E-state index in [9.17, 15) is 0 Å². The lowest BCUT2D eigenvalue weighted by Gasteiger charge is -2.05. The molecule has 0 saturated heterocycles. The van der Waals surface area contributed by atoms with Gasteiger partial charge in [-0.05, 0) is 34.0 Å². The molecule has 0 fully saturated rings. The first kappa shape index (κ1) is 16.1. The summed E-state index contributed by atoms with van der Waals surface area (Å²) < 4.78 is 0. The topological polar surface area (TPSA) is 85.5 Å². The van der Waals surface area contributed by atoms with Gasteiger partial charge in [-0.15, -0.1) is 0 Å². The Kier molecular flexibility index (Phi) is 13.5. The zero-order chi connectivity index (χ0) is 12.1. The van der Waals surface area contributed by atoms with Gasteiger partial charge in [0.15, 0.2) is 0 Å². The summed E-state index contributed by atoms with van der Waals surface area (Å²) in [7, 11) is 4.12. The van der Waals surface area contributed by atoms with Crippen LogP contribution in [0.4, 0.5) is 4.79 Å². The molecule has 0 aliphatic heterocycles. The number of nitrogens with zero attached hydrogens (tertiary/aromatic N) is 3. The van der Waals surface area contributed by atoms with Crippen molar-refractivity contribution in [3.05, 3.63) is 0 Å². The molecule has 0 saturated carbocycles. The predicted molar refractivity (Wildman–Crippen MR) is 59.1 cm³/mol. The first-order valence-electron chi connectivity index (χ1n) is 4.65. The van der Waals surface area contributed by atoms with Gasteiger partial charge in [0.2, 0.25) is 0 Å². The Balaban J connectivity index is 0. The molecule has 0 radical (unpaired) electrons. The molecule has 0 aromatic rings.